The number of hydrogen-bond donors (Lipinski definition) is 1. The molecule has 108 valence electrons. The van der Waals surface area contributed by atoms with Gasteiger partial charge in [-0.1, -0.05) is 5.21 Å². The van der Waals surface area contributed by atoms with Crippen LogP contribution in [-0.2, 0) is 13.0 Å². The highest BCUT2D eigenvalue weighted by molar-refractivity contribution is 5.31. The number of aromatic nitrogens is 3. The van der Waals surface area contributed by atoms with E-state index in [1.54, 1.807) is 4.68 Å². The van der Waals surface area contributed by atoms with E-state index in [4.69, 9.17) is 14.6 Å². The van der Waals surface area contributed by atoms with Crippen LogP contribution >= 0.6 is 0 Å². The molecule has 0 saturated carbocycles. The van der Waals surface area contributed by atoms with Crippen molar-refractivity contribution in [3.05, 3.63) is 36.2 Å². The molecule has 0 fully saturated rings. The standard InChI is InChI=1S/C14H19N3O3/c1-2-19-13-3-5-14(6-4-13)20-10-8-17-11-12(7-9-18)15-16-17/h3-6,11,18H,2,7-10H2,1H3. The van der Waals surface area contributed by atoms with Crippen molar-refractivity contribution in [3.8, 4) is 11.5 Å². The van der Waals surface area contributed by atoms with Crippen LogP contribution in [0.5, 0.6) is 11.5 Å². The molecule has 6 nitrogen and oxygen atoms in total. The molecule has 0 aliphatic carbocycles. The van der Waals surface area contributed by atoms with Crippen LogP contribution in [0.1, 0.15) is 12.6 Å². The first-order chi connectivity index (χ1) is 9.81. The Bertz CT molecular complexity index is 511. The molecule has 0 aliphatic rings. The van der Waals surface area contributed by atoms with Crippen LogP contribution in [0.4, 0.5) is 0 Å². The van der Waals surface area contributed by atoms with Crippen molar-refractivity contribution < 1.29 is 14.6 Å². The Morgan fingerprint density at radius 1 is 1.15 bits per heavy atom. The molecule has 0 radical (unpaired) electrons. The molecular formula is C14H19N3O3. The van der Waals surface area contributed by atoms with E-state index in [9.17, 15) is 0 Å². The Morgan fingerprint density at radius 2 is 1.85 bits per heavy atom. The van der Waals surface area contributed by atoms with E-state index in [2.05, 4.69) is 10.3 Å². The highest BCUT2D eigenvalue weighted by Gasteiger charge is 2.00. The van der Waals surface area contributed by atoms with Gasteiger partial charge in [-0.05, 0) is 31.2 Å². The third-order valence-corrected chi connectivity index (χ3v) is 2.68. The number of aliphatic hydroxyl groups is 1. The molecule has 0 unspecified atom stereocenters. The summed E-state index contributed by atoms with van der Waals surface area (Å²) in [6, 6.07) is 7.52. The van der Waals surface area contributed by atoms with Crippen LogP contribution in [-0.4, -0.2) is 39.9 Å². The highest BCUT2D eigenvalue weighted by atomic mass is 16.5. The zero-order chi connectivity index (χ0) is 14.2. The van der Waals surface area contributed by atoms with Crippen molar-refractivity contribution in [1.29, 1.82) is 0 Å². The van der Waals surface area contributed by atoms with E-state index in [-0.39, 0.29) is 6.61 Å². The maximum atomic E-state index is 8.80. The van der Waals surface area contributed by atoms with Gasteiger partial charge in [0, 0.05) is 19.2 Å². The van der Waals surface area contributed by atoms with E-state index in [1.165, 1.54) is 0 Å². The number of aliphatic hydroxyl groups excluding tert-OH is 1. The van der Waals surface area contributed by atoms with Crippen molar-refractivity contribution in [1.82, 2.24) is 15.0 Å². The second-order valence-electron chi connectivity index (χ2n) is 4.20. The van der Waals surface area contributed by atoms with Crippen molar-refractivity contribution in [2.45, 2.75) is 19.9 Å². The third kappa shape index (κ3) is 4.24. The lowest BCUT2D eigenvalue weighted by Crippen LogP contribution is -2.08. The summed E-state index contributed by atoms with van der Waals surface area (Å²) in [7, 11) is 0. The highest BCUT2D eigenvalue weighted by Crippen LogP contribution is 2.17. The van der Waals surface area contributed by atoms with Crippen molar-refractivity contribution in [2.24, 2.45) is 0 Å². The normalized spacial score (nSPS) is 10.5. The van der Waals surface area contributed by atoms with Crippen LogP contribution in [0, 0.1) is 0 Å². The molecule has 1 aromatic carbocycles. The van der Waals surface area contributed by atoms with Gasteiger partial charge in [0.1, 0.15) is 18.1 Å². The van der Waals surface area contributed by atoms with Gasteiger partial charge in [-0.3, -0.25) is 0 Å². The predicted octanol–water partition coefficient (Wildman–Crippen LogP) is 1.29. The average Bonchev–Trinajstić information content (AvgIpc) is 2.89. The Morgan fingerprint density at radius 3 is 2.50 bits per heavy atom. The van der Waals surface area contributed by atoms with Crippen LogP contribution in [0.25, 0.3) is 0 Å². The minimum absolute atomic E-state index is 0.0847. The Kier molecular flexibility index (Phi) is 5.37. The van der Waals surface area contributed by atoms with E-state index in [0.717, 1.165) is 17.2 Å². The first-order valence-corrected chi connectivity index (χ1v) is 6.67. The fourth-order valence-electron chi connectivity index (χ4n) is 1.73. The van der Waals surface area contributed by atoms with Gasteiger partial charge in [-0.15, -0.1) is 5.10 Å². The molecule has 6 heteroatoms. The Hall–Kier alpha value is -2.08. The largest absolute Gasteiger partial charge is 0.494 e. The molecule has 2 aromatic rings. The minimum atomic E-state index is 0.0847. The molecule has 0 spiro atoms. The zero-order valence-electron chi connectivity index (χ0n) is 11.5. The molecule has 1 heterocycles. The van der Waals surface area contributed by atoms with Crippen LogP contribution in [0.3, 0.4) is 0 Å². The lowest BCUT2D eigenvalue weighted by molar-refractivity contribution is 0.288. The summed E-state index contributed by atoms with van der Waals surface area (Å²) < 4.78 is 12.7. The quantitative estimate of drug-likeness (QED) is 0.787. The molecule has 0 aliphatic heterocycles. The summed E-state index contributed by atoms with van der Waals surface area (Å²) in [5.41, 5.74) is 0.786. The average molecular weight is 277 g/mol. The summed E-state index contributed by atoms with van der Waals surface area (Å²) in [6.45, 7) is 3.82. The first-order valence-electron chi connectivity index (χ1n) is 6.67. The van der Waals surface area contributed by atoms with Crippen molar-refractivity contribution in [2.75, 3.05) is 19.8 Å². The Balaban J connectivity index is 1.76. The Labute approximate surface area is 117 Å². The van der Waals surface area contributed by atoms with Crippen LogP contribution < -0.4 is 9.47 Å². The van der Waals surface area contributed by atoms with E-state index in [1.807, 2.05) is 37.4 Å². The number of nitrogens with zero attached hydrogens (tertiary/aromatic N) is 3. The van der Waals surface area contributed by atoms with Crippen LogP contribution in [0.2, 0.25) is 0 Å². The third-order valence-electron chi connectivity index (χ3n) is 2.68. The second kappa shape index (κ2) is 7.49. The SMILES string of the molecule is CCOc1ccc(OCCn2cc(CCO)nn2)cc1. The molecule has 0 bridgehead atoms. The summed E-state index contributed by atoms with van der Waals surface area (Å²) in [4.78, 5) is 0. The topological polar surface area (TPSA) is 69.4 Å². The molecule has 1 aromatic heterocycles. The van der Waals surface area contributed by atoms with Gasteiger partial charge in [0.05, 0.1) is 18.8 Å². The summed E-state index contributed by atoms with van der Waals surface area (Å²) in [5, 5.41) is 16.7. The van der Waals surface area contributed by atoms with Gasteiger partial charge in [0.25, 0.3) is 0 Å². The van der Waals surface area contributed by atoms with E-state index < -0.39 is 0 Å². The van der Waals surface area contributed by atoms with Crippen molar-refractivity contribution >= 4 is 0 Å². The van der Waals surface area contributed by atoms with Gasteiger partial charge < -0.3 is 14.6 Å². The number of rotatable bonds is 8. The van der Waals surface area contributed by atoms with Gasteiger partial charge in [0.15, 0.2) is 0 Å². The lowest BCUT2D eigenvalue weighted by atomic mass is 10.3. The lowest BCUT2D eigenvalue weighted by Gasteiger charge is -2.07. The molecule has 1 N–H and O–H groups in total. The smallest absolute Gasteiger partial charge is 0.119 e. The number of hydrogen-bond acceptors (Lipinski definition) is 5. The van der Waals surface area contributed by atoms with Gasteiger partial charge >= 0.3 is 0 Å². The van der Waals surface area contributed by atoms with Crippen molar-refractivity contribution in [3.63, 3.8) is 0 Å². The first kappa shape index (κ1) is 14.3. The maximum absolute atomic E-state index is 8.80. The summed E-state index contributed by atoms with van der Waals surface area (Å²) in [5.74, 6) is 1.63. The zero-order valence-corrected chi connectivity index (χ0v) is 11.5. The molecule has 20 heavy (non-hydrogen) atoms. The summed E-state index contributed by atoms with van der Waals surface area (Å²) in [6.07, 6.45) is 2.34. The second-order valence-corrected chi connectivity index (χ2v) is 4.20. The summed E-state index contributed by atoms with van der Waals surface area (Å²) >= 11 is 0. The fraction of sp³-hybridized carbons (Fsp3) is 0.429. The number of ether oxygens (including phenoxy) is 2. The minimum Gasteiger partial charge on any atom is -0.494 e. The van der Waals surface area contributed by atoms with Crippen LogP contribution in [0.15, 0.2) is 30.5 Å². The molecule has 0 saturated heterocycles. The molecule has 0 amide bonds. The number of benzene rings is 1. The predicted molar refractivity (Wildman–Crippen MR) is 73.9 cm³/mol. The van der Waals surface area contributed by atoms with Gasteiger partial charge in [0.2, 0.25) is 0 Å². The fourth-order valence-corrected chi connectivity index (χ4v) is 1.73. The molecule has 0 atom stereocenters. The monoisotopic (exact) mass is 277 g/mol. The van der Waals surface area contributed by atoms with Gasteiger partial charge in [-0.25, -0.2) is 4.68 Å². The maximum Gasteiger partial charge on any atom is 0.119 e. The van der Waals surface area contributed by atoms with E-state index in [0.29, 0.717) is 26.2 Å². The van der Waals surface area contributed by atoms with Gasteiger partial charge in [-0.2, -0.15) is 0 Å². The molecular weight excluding hydrogens is 258 g/mol. The molecule has 2 rings (SSSR count). The van der Waals surface area contributed by atoms with E-state index >= 15 is 0 Å².